The van der Waals surface area contributed by atoms with Gasteiger partial charge in [-0.05, 0) is 50.9 Å². The van der Waals surface area contributed by atoms with Crippen LogP contribution in [0.15, 0.2) is 16.5 Å². The quantitative estimate of drug-likeness (QED) is 0.776. The number of esters is 1. The number of nitrogens with zero attached hydrogens (tertiary/aromatic N) is 1. The number of hydrogen-bond acceptors (Lipinski definition) is 5. The number of piperidine rings is 1. The second-order valence-electron chi connectivity index (χ2n) is 5.30. The number of carbonyl (C=O) groups excluding carboxylic acids is 1. The van der Waals surface area contributed by atoms with Crippen LogP contribution in [0.5, 0.6) is 0 Å². The zero-order chi connectivity index (χ0) is 14.5. The first-order valence-electron chi connectivity index (χ1n) is 7.06. The fourth-order valence-corrected chi connectivity index (χ4v) is 2.71. The second-order valence-corrected chi connectivity index (χ2v) is 5.30. The SMILES string of the molecule is COCC1CCN(C(C)c2ccc(C(=O)OC)o2)CC1. The lowest BCUT2D eigenvalue weighted by Gasteiger charge is -2.34. The summed E-state index contributed by atoms with van der Waals surface area (Å²) in [4.78, 5) is 13.8. The molecule has 20 heavy (non-hydrogen) atoms. The number of rotatable bonds is 5. The molecule has 1 fully saturated rings. The molecule has 1 saturated heterocycles. The zero-order valence-electron chi connectivity index (χ0n) is 12.4. The van der Waals surface area contributed by atoms with E-state index in [1.54, 1.807) is 13.2 Å². The van der Waals surface area contributed by atoms with E-state index in [1.165, 1.54) is 7.11 Å². The Kier molecular flexibility index (Phi) is 5.20. The fraction of sp³-hybridized carbons (Fsp3) is 0.667. The van der Waals surface area contributed by atoms with Gasteiger partial charge in [-0.25, -0.2) is 4.79 Å². The Morgan fingerprint density at radius 1 is 1.40 bits per heavy atom. The highest BCUT2D eigenvalue weighted by molar-refractivity contribution is 5.86. The summed E-state index contributed by atoms with van der Waals surface area (Å²) in [6.07, 6.45) is 2.28. The van der Waals surface area contributed by atoms with E-state index in [0.717, 1.165) is 38.3 Å². The molecule has 0 spiro atoms. The molecule has 1 aromatic rings. The van der Waals surface area contributed by atoms with Gasteiger partial charge < -0.3 is 13.9 Å². The molecule has 1 aliphatic rings. The summed E-state index contributed by atoms with van der Waals surface area (Å²) in [7, 11) is 3.11. The minimum Gasteiger partial charge on any atom is -0.463 e. The molecule has 112 valence electrons. The van der Waals surface area contributed by atoms with E-state index < -0.39 is 5.97 Å². The van der Waals surface area contributed by atoms with Crippen LogP contribution in [-0.2, 0) is 9.47 Å². The van der Waals surface area contributed by atoms with Crippen molar-refractivity contribution < 1.29 is 18.7 Å². The number of hydrogen-bond donors (Lipinski definition) is 0. The van der Waals surface area contributed by atoms with E-state index in [2.05, 4.69) is 16.6 Å². The van der Waals surface area contributed by atoms with Crippen LogP contribution in [0.2, 0.25) is 0 Å². The van der Waals surface area contributed by atoms with Crippen molar-refractivity contribution in [3.05, 3.63) is 23.7 Å². The van der Waals surface area contributed by atoms with Gasteiger partial charge in [0.05, 0.1) is 13.2 Å². The lowest BCUT2D eigenvalue weighted by Crippen LogP contribution is -2.36. The van der Waals surface area contributed by atoms with Crippen molar-refractivity contribution in [1.82, 2.24) is 4.90 Å². The summed E-state index contributed by atoms with van der Waals surface area (Å²) in [6.45, 7) is 5.01. The fourth-order valence-electron chi connectivity index (χ4n) is 2.71. The molecule has 0 aromatic carbocycles. The maximum Gasteiger partial charge on any atom is 0.373 e. The van der Waals surface area contributed by atoms with Crippen LogP contribution < -0.4 is 0 Å². The van der Waals surface area contributed by atoms with Gasteiger partial charge in [0.2, 0.25) is 5.76 Å². The van der Waals surface area contributed by atoms with Crippen LogP contribution in [0.25, 0.3) is 0 Å². The molecule has 0 amide bonds. The molecular formula is C15H23NO4. The normalized spacial score (nSPS) is 18.9. The molecule has 0 radical (unpaired) electrons. The van der Waals surface area contributed by atoms with E-state index >= 15 is 0 Å². The number of ether oxygens (including phenoxy) is 2. The van der Waals surface area contributed by atoms with Crippen molar-refractivity contribution in [2.24, 2.45) is 5.92 Å². The molecule has 0 aliphatic carbocycles. The summed E-state index contributed by atoms with van der Waals surface area (Å²) in [5, 5.41) is 0. The third-order valence-corrected chi connectivity index (χ3v) is 4.02. The van der Waals surface area contributed by atoms with Crippen LogP contribution in [-0.4, -0.2) is 44.8 Å². The highest BCUT2D eigenvalue weighted by Crippen LogP contribution is 2.27. The molecule has 2 heterocycles. The van der Waals surface area contributed by atoms with E-state index in [4.69, 9.17) is 9.15 Å². The minimum absolute atomic E-state index is 0.178. The van der Waals surface area contributed by atoms with Gasteiger partial charge in [0.15, 0.2) is 0 Å². The largest absolute Gasteiger partial charge is 0.463 e. The van der Waals surface area contributed by atoms with E-state index in [-0.39, 0.29) is 11.8 Å². The van der Waals surface area contributed by atoms with Crippen molar-refractivity contribution in [1.29, 1.82) is 0 Å². The Bertz CT molecular complexity index is 435. The average Bonchev–Trinajstić information content (AvgIpc) is 2.96. The maximum absolute atomic E-state index is 11.4. The third-order valence-electron chi connectivity index (χ3n) is 4.02. The van der Waals surface area contributed by atoms with Gasteiger partial charge in [0.1, 0.15) is 5.76 Å². The van der Waals surface area contributed by atoms with Crippen molar-refractivity contribution in [3.63, 3.8) is 0 Å². The van der Waals surface area contributed by atoms with Crippen molar-refractivity contribution in [2.45, 2.75) is 25.8 Å². The number of carbonyl (C=O) groups is 1. The maximum atomic E-state index is 11.4. The standard InChI is InChI=1S/C15H23NO4/c1-11(13-4-5-14(20-13)15(17)19-3)16-8-6-12(7-9-16)10-18-2/h4-5,11-12H,6-10H2,1-3H3. The predicted octanol–water partition coefficient (Wildman–Crippen LogP) is 2.49. The van der Waals surface area contributed by atoms with E-state index in [0.29, 0.717) is 5.92 Å². The lowest BCUT2D eigenvalue weighted by molar-refractivity contribution is 0.0550. The Hall–Kier alpha value is -1.33. The van der Waals surface area contributed by atoms with Gasteiger partial charge >= 0.3 is 5.97 Å². The summed E-state index contributed by atoms with van der Waals surface area (Å²) < 4.78 is 15.5. The Morgan fingerprint density at radius 2 is 2.10 bits per heavy atom. The highest BCUT2D eigenvalue weighted by Gasteiger charge is 2.25. The number of furan rings is 1. The zero-order valence-corrected chi connectivity index (χ0v) is 12.4. The molecule has 5 nitrogen and oxygen atoms in total. The highest BCUT2D eigenvalue weighted by atomic mass is 16.5. The first kappa shape index (κ1) is 15.1. The molecule has 0 bridgehead atoms. The van der Waals surface area contributed by atoms with Gasteiger partial charge in [-0.2, -0.15) is 0 Å². The van der Waals surface area contributed by atoms with Gasteiger partial charge in [-0.3, -0.25) is 4.90 Å². The molecule has 1 unspecified atom stereocenters. The Balaban J connectivity index is 1.93. The molecule has 5 heteroatoms. The van der Waals surface area contributed by atoms with Crippen molar-refractivity contribution in [3.8, 4) is 0 Å². The molecule has 1 aliphatic heterocycles. The molecule has 1 aromatic heterocycles. The number of methoxy groups -OCH3 is 2. The van der Waals surface area contributed by atoms with Gasteiger partial charge in [0.25, 0.3) is 0 Å². The molecule has 2 rings (SSSR count). The van der Waals surface area contributed by atoms with Crippen LogP contribution in [0.4, 0.5) is 0 Å². The lowest BCUT2D eigenvalue weighted by atomic mass is 9.96. The topological polar surface area (TPSA) is 51.9 Å². The van der Waals surface area contributed by atoms with E-state index in [9.17, 15) is 4.79 Å². The van der Waals surface area contributed by atoms with Crippen LogP contribution in [0.3, 0.4) is 0 Å². The van der Waals surface area contributed by atoms with Crippen LogP contribution in [0.1, 0.15) is 42.1 Å². The average molecular weight is 281 g/mol. The van der Waals surface area contributed by atoms with Gasteiger partial charge in [0, 0.05) is 13.7 Å². The van der Waals surface area contributed by atoms with Crippen molar-refractivity contribution in [2.75, 3.05) is 33.9 Å². The van der Waals surface area contributed by atoms with Crippen molar-refractivity contribution >= 4 is 5.97 Å². The Morgan fingerprint density at radius 3 is 2.70 bits per heavy atom. The second kappa shape index (κ2) is 6.90. The van der Waals surface area contributed by atoms with Crippen LogP contribution >= 0.6 is 0 Å². The monoisotopic (exact) mass is 281 g/mol. The Labute approximate surface area is 119 Å². The third kappa shape index (κ3) is 3.41. The molecule has 0 N–H and O–H groups in total. The molecule has 1 atom stereocenters. The minimum atomic E-state index is -0.428. The number of likely N-dealkylation sites (tertiary alicyclic amines) is 1. The molecular weight excluding hydrogens is 258 g/mol. The van der Waals surface area contributed by atoms with E-state index in [1.807, 2.05) is 6.07 Å². The first-order valence-corrected chi connectivity index (χ1v) is 7.06. The summed E-state index contributed by atoms with van der Waals surface area (Å²) in [5.41, 5.74) is 0. The summed E-state index contributed by atoms with van der Waals surface area (Å²) in [5.74, 6) is 1.31. The first-order chi connectivity index (χ1) is 9.65. The summed E-state index contributed by atoms with van der Waals surface area (Å²) in [6, 6.07) is 3.71. The summed E-state index contributed by atoms with van der Waals surface area (Å²) >= 11 is 0. The van der Waals surface area contributed by atoms with Gasteiger partial charge in [-0.1, -0.05) is 0 Å². The smallest absolute Gasteiger partial charge is 0.373 e. The van der Waals surface area contributed by atoms with Gasteiger partial charge in [-0.15, -0.1) is 0 Å². The predicted molar refractivity (Wildman–Crippen MR) is 74.6 cm³/mol. The molecule has 0 saturated carbocycles. The van der Waals surface area contributed by atoms with Crippen LogP contribution in [0, 0.1) is 5.92 Å².